The summed E-state index contributed by atoms with van der Waals surface area (Å²) in [5.41, 5.74) is 1.02. The van der Waals surface area contributed by atoms with E-state index in [1.54, 1.807) is 19.1 Å². The standard InChI is InChI=1S/C16H24FNO2S/c1-2-21(19,20)11-5-10-18-9-4-8-16(18)13-14-6-3-7-15(17)12-14/h3,6-7,12,16H,2,4-5,8-11,13H2,1H3/t16-/m1/s1. The van der Waals surface area contributed by atoms with Gasteiger partial charge in [-0.25, -0.2) is 12.8 Å². The van der Waals surface area contributed by atoms with Crippen molar-refractivity contribution in [1.82, 2.24) is 4.90 Å². The van der Waals surface area contributed by atoms with Crippen LogP contribution in [0.2, 0.25) is 0 Å². The van der Waals surface area contributed by atoms with Crippen LogP contribution in [0, 0.1) is 5.82 Å². The van der Waals surface area contributed by atoms with E-state index >= 15 is 0 Å². The Morgan fingerprint density at radius 1 is 1.38 bits per heavy atom. The molecule has 1 saturated heterocycles. The first kappa shape index (κ1) is 16.4. The highest BCUT2D eigenvalue weighted by Crippen LogP contribution is 2.21. The largest absolute Gasteiger partial charge is 0.300 e. The van der Waals surface area contributed by atoms with Crippen LogP contribution in [-0.4, -0.2) is 44.0 Å². The predicted molar refractivity (Wildman–Crippen MR) is 83.6 cm³/mol. The lowest BCUT2D eigenvalue weighted by atomic mass is 10.0. The van der Waals surface area contributed by atoms with Crippen molar-refractivity contribution < 1.29 is 12.8 Å². The van der Waals surface area contributed by atoms with Crippen LogP contribution in [0.5, 0.6) is 0 Å². The molecule has 0 aliphatic carbocycles. The van der Waals surface area contributed by atoms with Crippen molar-refractivity contribution in [2.75, 3.05) is 24.6 Å². The average molecular weight is 313 g/mol. The van der Waals surface area contributed by atoms with Crippen molar-refractivity contribution in [2.24, 2.45) is 0 Å². The molecule has 0 spiro atoms. The summed E-state index contributed by atoms with van der Waals surface area (Å²) >= 11 is 0. The van der Waals surface area contributed by atoms with Gasteiger partial charge in [-0.15, -0.1) is 0 Å². The van der Waals surface area contributed by atoms with Crippen LogP contribution in [0.3, 0.4) is 0 Å². The maximum absolute atomic E-state index is 13.2. The minimum Gasteiger partial charge on any atom is -0.300 e. The minimum absolute atomic E-state index is 0.189. The molecule has 1 aliphatic rings. The minimum atomic E-state index is -2.87. The molecule has 1 fully saturated rings. The van der Waals surface area contributed by atoms with Crippen LogP contribution in [-0.2, 0) is 16.3 Å². The highest BCUT2D eigenvalue weighted by molar-refractivity contribution is 7.91. The molecule has 0 amide bonds. The van der Waals surface area contributed by atoms with Crippen LogP contribution < -0.4 is 0 Å². The lowest BCUT2D eigenvalue weighted by Gasteiger charge is -2.24. The highest BCUT2D eigenvalue weighted by atomic mass is 32.2. The van der Waals surface area contributed by atoms with Gasteiger partial charge in [0.25, 0.3) is 0 Å². The van der Waals surface area contributed by atoms with Crippen LogP contribution in [0.4, 0.5) is 4.39 Å². The Morgan fingerprint density at radius 3 is 2.90 bits per heavy atom. The van der Waals surface area contributed by atoms with Gasteiger partial charge in [0, 0.05) is 11.8 Å². The fourth-order valence-electron chi connectivity index (χ4n) is 2.99. The molecule has 118 valence electrons. The van der Waals surface area contributed by atoms with Crippen LogP contribution in [0.25, 0.3) is 0 Å². The number of rotatable bonds is 7. The summed E-state index contributed by atoms with van der Waals surface area (Å²) in [7, 11) is -2.87. The molecular weight excluding hydrogens is 289 g/mol. The van der Waals surface area contributed by atoms with Gasteiger partial charge in [0.05, 0.1) is 5.75 Å². The maximum atomic E-state index is 13.2. The van der Waals surface area contributed by atoms with Crippen LogP contribution >= 0.6 is 0 Å². The van der Waals surface area contributed by atoms with Gasteiger partial charge in [-0.1, -0.05) is 19.1 Å². The molecule has 1 atom stereocenters. The number of sulfone groups is 1. The second kappa shape index (κ2) is 7.36. The summed E-state index contributed by atoms with van der Waals surface area (Å²) in [6, 6.07) is 7.18. The molecule has 0 bridgehead atoms. The van der Waals surface area contributed by atoms with Crippen molar-refractivity contribution in [2.45, 2.75) is 38.6 Å². The predicted octanol–water partition coefficient (Wildman–Crippen LogP) is 2.66. The van der Waals surface area contributed by atoms with E-state index in [1.807, 2.05) is 6.07 Å². The Balaban J connectivity index is 1.86. The van der Waals surface area contributed by atoms with E-state index in [2.05, 4.69) is 4.90 Å². The van der Waals surface area contributed by atoms with Crippen molar-refractivity contribution in [3.8, 4) is 0 Å². The number of halogens is 1. The number of likely N-dealkylation sites (tertiary alicyclic amines) is 1. The summed E-state index contributed by atoms with van der Waals surface area (Å²) in [5.74, 6) is 0.304. The zero-order chi connectivity index (χ0) is 15.3. The van der Waals surface area contributed by atoms with E-state index in [-0.39, 0.29) is 17.3 Å². The molecule has 1 aliphatic heterocycles. The van der Waals surface area contributed by atoms with Crippen LogP contribution in [0.15, 0.2) is 24.3 Å². The van der Waals surface area contributed by atoms with E-state index < -0.39 is 9.84 Å². The van der Waals surface area contributed by atoms with Gasteiger partial charge >= 0.3 is 0 Å². The first-order chi connectivity index (χ1) is 10.00. The monoisotopic (exact) mass is 313 g/mol. The molecule has 0 radical (unpaired) electrons. The third kappa shape index (κ3) is 5.08. The quantitative estimate of drug-likeness (QED) is 0.776. The number of nitrogens with zero attached hydrogens (tertiary/aromatic N) is 1. The van der Waals surface area contributed by atoms with Gasteiger partial charge in [-0.2, -0.15) is 0 Å². The second-order valence-electron chi connectivity index (χ2n) is 5.76. The summed E-state index contributed by atoms with van der Waals surface area (Å²) in [4.78, 5) is 2.36. The molecule has 0 N–H and O–H groups in total. The van der Waals surface area contributed by atoms with Crippen molar-refractivity contribution in [3.63, 3.8) is 0 Å². The van der Waals surface area contributed by atoms with Gasteiger partial charge in [0.2, 0.25) is 0 Å². The Hall–Kier alpha value is -0.940. The molecule has 5 heteroatoms. The summed E-state index contributed by atoms with van der Waals surface area (Å²) in [6.07, 6.45) is 3.78. The lowest BCUT2D eigenvalue weighted by Crippen LogP contribution is -2.33. The molecule has 0 saturated carbocycles. The Labute approximate surface area is 127 Å². The first-order valence-corrected chi connectivity index (χ1v) is 9.51. The number of benzene rings is 1. The zero-order valence-electron chi connectivity index (χ0n) is 12.6. The highest BCUT2D eigenvalue weighted by Gasteiger charge is 2.24. The molecule has 2 rings (SSSR count). The molecule has 1 aromatic rings. The normalized spacial score (nSPS) is 20.0. The van der Waals surface area contributed by atoms with Crippen molar-refractivity contribution in [1.29, 1.82) is 0 Å². The summed E-state index contributed by atoms with van der Waals surface area (Å²) in [5, 5.41) is 0. The fourth-order valence-corrected chi connectivity index (χ4v) is 3.85. The van der Waals surface area contributed by atoms with Crippen molar-refractivity contribution in [3.05, 3.63) is 35.6 Å². The lowest BCUT2D eigenvalue weighted by molar-refractivity contribution is 0.253. The zero-order valence-corrected chi connectivity index (χ0v) is 13.4. The van der Waals surface area contributed by atoms with Crippen molar-refractivity contribution >= 4 is 9.84 Å². The average Bonchev–Trinajstić information content (AvgIpc) is 2.86. The van der Waals surface area contributed by atoms with E-state index in [4.69, 9.17) is 0 Å². The van der Waals surface area contributed by atoms with Gasteiger partial charge in [0.1, 0.15) is 15.7 Å². The van der Waals surface area contributed by atoms with E-state index in [0.717, 1.165) is 37.9 Å². The van der Waals surface area contributed by atoms with Gasteiger partial charge < -0.3 is 4.90 Å². The van der Waals surface area contributed by atoms with E-state index in [0.29, 0.717) is 12.5 Å². The molecular formula is C16H24FNO2S. The Morgan fingerprint density at radius 2 is 2.19 bits per heavy atom. The first-order valence-electron chi connectivity index (χ1n) is 7.69. The fraction of sp³-hybridized carbons (Fsp3) is 0.625. The van der Waals surface area contributed by atoms with E-state index in [9.17, 15) is 12.8 Å². The van der Waals surface area contributed by atoms with E-state index in [1.165, 1.54) is 6.07 Å². The molecule has 1 heterocycles. The molecule has 0 unspecified atom stereocenters. The van der Waals surface area contributed by atoms with Crippen LogP contribution in [0.1, 0.15) is 31.7 Å². The maximum Gasteiger partial charge on any atom is 0.150 e. The molecule has 3 nitrogen and oxygen atoms in total. The SMILES string of the molecule is CCS(=O)(=O)CCCN1CCC[C@@H]1Cc1cccc(F)c1. The second-order valence-corrected chi connectivity index (χ2v) is 8.23. The van der Waals surface area contributed by atoms with Gasteiger partial charge in [-0.05, 0) is 56.5 Å². The van der Waals surface area contributed by atoms with Gasteiger partial charge in [-0.3, -0.25) is 0 Å². The topological polar surface area (TPSA) is 37.4 Å². The smallest absolute Gasteiger partial charge is 0.150 e. The molecule has 0 aromatic heterocycles. The summed E-state index contributed by atoms with van der Waals surface area (Å²) in [6.45, 7) is 3.53. The Bertz CT molecular complexity index is 559. The summed E-state index contributed by atoms with van der Waals surface area (Å²) < 4.78 is 36.3. The number of hydrogen-bond donors (Lipinski definition) is 0. The molecule has 1 aromatic carbocycles. The van der Waals surface area contributed by atoms with Gasteiger partial charge in [0.15, 0.2) is 0 Å². The number of hydrogen-bond acceptors (Lipinski definition) is 3. The third-order valence-electron chi connectivity index (χ3n) is 4.20. The molecule has 21 heavy (non-hydrogen) atoms. The third-order valence-corrected chi connectivity index (χ3v) is 5.99. The Kier molecular flexibility index (Phi) is 5.76.